The number of hydrogen-bond acceptors (Lipinski definition) is 4. The standard InChI is InChI=1S/C22H25N3O2/c1-16-3-2-4-20-21(16)19(22(26)24-20)15-23-18-7-5-17(6-8-18)9-10-25-11-13-27-14-12-25/h2-8,15,24,26H,9-14H2,1H3. The monoisotopic (exact) mass is 363 g/mol. The lowest BCUT2D eigenvalue weighted by Gasteiger charge is -2.26. The average Bonchev–Trinajstić information content (AvgIpc) is 3.03. The highest BCUT2D eigenvalue weighted by molar-refractivity contribution is 6.04. The Labute approximate surface area is 159 Å². The van der Waals surface area contributed by atoms with Crippen LogP contribution in [0.25, 0.3) is 10.9 Å². The molecule has 1 aliphatic heterocycles. The van der Waals surface area contributed by atoms with E-state index in [2.05, 4.69) is 27.0 Å². The number of nitrogens with one attached hydrogen (secondary N) is 1. The van der Waals surface area contributed by atoms with Crippen molar-refractivity contribution in [3.8, 4) is 5.88 Å². The van der Waals surface area contributed by atoms with Crippen molar-refractivity contribution in [2.24, 2.45) is 4.99 Å². The van der Waals surface area contributed by atoms with Crippen LogP contribution >= 0.6 is 0 Å². The highest BCUT2D eigenvalue weighted by Gasteiger charge is 2.11. The first-order chi connectivity index (χ1) is 13.2. The van der Waals surface area contributed by atoms with Crippen LogP contribution in [0, 0.1) is 6.92 Å². The van der Waals surface area contributed by atoms with E-state index in [1.54, 1.807) is 6.21 Å². The molecule has 1 aliphatic rings. The summed E-state index contributed by atoms with van der Waals surface area (Å²) in [7, 11) is 0. The molecule has 2 N–H and O–H groups in total. The Balaban J connectivity index is 1.45. The number of benzene rings is 2. The van der Waals surface area contributed by atoms with Gasteiger partial charge in [-0.3, -0.25) is 9.89 Å². The van der Waals surface area contributed by atoms with Crippen molar-refractivity contribution in [3.05, 3.63) is 59.2 Å². The Morgan fingerprint density at radius 2 is 1.93 bits per heavy atom. The fourth-order valence-electron chi connectivity index (χ4n) is 3.57. The van der Waals surface area contributed by atoms with Crippen LogP contribution in [0.15, 0.2) is 47.5 Å². The molecule has 0 spiro atoms. The summed E-state index contributed by atoms with van der Waals surface area (Å²) in [5.41, 5.74) is 4.97. The quantitative estimate of drug-likeness (QED) is 0.678. The SMILES string of the molecule is Cc1cccc2[nH]c(O)c(C=Nc3ccc(CCN4CCOCC4)cc3)c12. The Kier molecular flexibility index (Phi) is 5.23. The van der Waals surface area contributed by atoms with Gasteiger partial charge < -0.3 is 14.8 Å². The van der Waals surface area contributed by atoms with E-state index in [0.29, 0.717) is 0 Å². The van der Waals surface area contributed by atoms with Crippen LogP contribution in [0.4, 0.5) is 5.69 Å². The number of aromatic amines is 1. The predicted octanol–water partition coefficient (Wildman–Crippen LogP) is 3.81. The molecule has 2 heterocycles. The van der Waals surface area contributed by atoms with Gasteiger partial charge in [0.05, 0.1) is 24.5 Å². The zero-order valence-electron chi connectivity index (χ0n) is 15.6. The van der Waals surface area contributed by atoms with Gasteiger partial charge in [-0.2, -0.15) is 0 Å². The number of H-pyrrole nitrogens is 1. The Morgan fingerprint density at radius 1 is 1.15 bits per heavy atom. The molecule has 4 rings (SSSR count). The van der Waals surface area contributed by atoms with Crippen LogP contribution in [-0.2, 0) is 11.2 Å². The number of nitrogens with zero attached hydrogens (tertiary/aromatic N) is 2. The highest BCUT2D eigenvalue weighted by Crippen LogP contribution is 2.28. The lowest BCUT2D eigenvalue weighted by Crippen LogP contribution is -2.37. The van der Waals surface area contributed by atoms with Crippen LogP contribution in [0.2, 0.25) is 0 Å². The number of aliphatic imine (C=N–C) groups is 1. The first-order valence-electron chi connectivity index (χ1n) is 9.44. The van der Waals surface area contributed by atoms with E-state index in [-0.39, 0.29) is 5.88 Å². The first kappa shape index (κ1) is 17.8. The third-order valence-electron chi connectivity index (χ3n) is 5.15. The van der Waals surface area contributed by atoms with Gasteiger partial charge in [0.1, 0.15) is 0 Å². The van der Waals surface area contributed by atoms with Crippen LogP contribution < -0.4 is 0 Å². The van der Waals surface area contributed by atoms with E-state index in [4.69, 9.17) is 4.74 Å². The molecule has 0 unspecified atom stereocenters. The summed E-state index contributed by atoms with van der Waals surface area (Å²) in [6, 6.07) is 14.3. The van der Waals surface area contributed by atoms with E-state index in [0.717, 1.165) is 67.0 Å². The lowest BCUT2D eigenvalue weighted by molar-refractivity contribution is 0.0384. The van der Waals surface area contributed by atoms with Crippen molar-refractivity contribution in [2.45, 2.75) is 13.3 Å². The highest BCUT2D eigenvalue weighted by atomic mass is 16.5. The second-order valence-corrected chi connectivity index (χ2v) is 7.01. The number of fused-ring (bicyclic) bond motifs is 1. The maximum Gasteiger partial charge on any atom is 0.198 e. The summed E-state index contributed by atoms with van der Waals surface area (Å²) in [5, 5.41) is 11.2. The van der Waals surface area contributed by atoms with Crippen molar-refractivity contribution in [3.63, 3.8) is 0 Å². The number of rotatable bonds is 5. The molecule has 0 atom stereocenters. The number of hydrogen-bond donors (Lipinski definition) is 2. The van der Waals surface area contributed by atoms with Gasteiger partial charge in [-0.15, -0.1) is 0 Å². The summed E-state index contributed by atoms with van der Waals surface area (Å²) in [6.45, 7) is 6.83. The molecule has 140 valence electrons. The summed E-state index contributed by atoms with van der Waals surface area (Å²) < 4.78 is 5.39. The Hall–Kier alpha value is -2.63. The normalized spacial score (nSPS) is 15.7. The molecule has 1 saturated heterocycles. The fraction of sp³-hybridized carbons (Fsp3) is 0.318. The fourth-order valence-corrected chi connectivity index (χ4v) is 3.57. The molecular weight excluding hydrogens is 338 g/mol. The van der Waals surface area contributed by atoms with Gasteiger partial charge in [0.15, 0.2) is 5.88 Å². The average molecular weight is 363 g/mol. The van der Waals surface area contributed by atoms with Gasteiger partial charge in [-0.1, -0.05) is 24.3 Å². The molecular formula is C22H25N3O2. The van der Waals surface area contributed by atoms with Crippen LogP contribution in [0.3, 0.4) is 0 Å². The lowest BCUT2D eigenvalue weighted by atomic mass is 10.1. The van der Waals surface area contributed by atoms with E-state index in [1.165, 1.54) is 5.56 Å². The van der Waals surface area contributed by atoms with Crippen molar-refractivity contribution < 1.29 is 9.84 Å². The summed E-state index contributed by atoms with van der Waals surface area (Å²) in [4.78, 5) is 10.0. The van der Waals surface area contributed by atoms with Gasteiger partial charge in [0, 0.05) is 36.8 Å². The maximum absolute atomic E-state index is 10.2. The minimum Gasteiger partial charge on any atom is -0.494 e. The van der Waals surface area contributed by atoms with Gasteiger partial charge in [0.2, 0.25) is 0 Å². The molecule has 1 aromatic heterocycles. The molecule has 0 amide bonds. The Bertz CT molecular complexity index is 938. The number of aromatic nitrogens is 1. The zero-order valence-corrected chi connectivity index (χ0v) is 15.6. The van der Waals surface area contributed by atoms with Crippen LogP contribution in [-0.4, -0.2) is 54.1 Å². The van der Waals surface area contributed by atoms with Crippen LogP contribution in [0.1, 0.15) is 16.7 Å². The zero-order chi connectivity index (χ0) is 18.6. The smallest absolute Gasteiger partial charge is 0.198 e. The first-order valence-corrected chi connectivity index (χ1v) is 9.44. The van der Waals surface area contributed by atoms with Crippen molar-refractivity contribution in [1.82, 2.24) is 9.88 Å². The molecule has 0 radical (unpaired) electrons. The minimum atomic E-state index is 0.158. The second kappa shape index (κ2) is 7.94. The van der Waals surface area contributed by atoms with Gasteiger partial charge in [-0.05, 0) is 42.7 Å². The molecule has 0 saturated carbocycles. The summed E-state index contributed by atoms with van der Waals surface area (Å²) in [6.07, 6.45) is 2.77. The van der Waals surface area contributed by atoms with E-state index in [1.807, 2.05) is 37.3 Å². The molecule has 0 aliphatic carbocycles. The van der Waals surface area contributed by atoms with Gasteiger partial charge in [-0.25, -0.2) is 0 Å². The number of aromatic hydroxyl groups is 1. The third-order valence-corrected chi connectivity index (χ3v) is 5.15. The molecule has 1 fully saturated rings. The molecule has 3 aromatic rings. The van der Waals surface area contributed by atoms with Crippen LogP contribution in [0.5, 0.6) is 5.88 Å². The Morgan fingerprint density at radius 3 is 2.70 bits per heavy atom. The topological polar surface area (TPSA) is 60.8 Å². The summed E-state index contributed by atoms with van der Waals surface area (Å²) >= 11 is 0. The third kappa shape index (κ3) is 4.04. The number of ether oxygens (including phenoxy) is 1. The van der Waals surface area contributed by atoms with E-state index >= 15 is 0 Å². The van der Waals surface area contributed by atoms with E-state index < -0.39 is 0 Å². The predicted molar refractivity (Wildman–Crippen MR) is 109 cm³/mol. The molecule has 5 nitrogen and oxygen atoms in total. The van der Waals surface area contributed by atoms with Crippen molar-refractivity contribution in [2.75, 3.05) is 32.8 Å². The van der Waals surface area contributed by atoms with Crippen molar-refractivity contribution in [1.29, 1.82) is 0 Å². The minimum absolute atomic E-state index is 0.158. The largest absolute Gasteiger partial charge is 0.494 e. The maximum atomic E-state index is 10.2. The van der Waals surface area contributed by atoms with E-state index in [9.17, 15) is 5.11 Å². The van der Waals surface area contributed by atoms with Gasteiger partial charge >= 0.3 is 0 Å². The number of aryl methyl sites for hydroxylation is 1. The second-order valence-electron chi connectivity index (χ2n) is 7.01. The van der Waals surface area contributed by atoms with Crippen molar-refractivity contribution >= 4 is 22.8 Å². The number of morpholine rings is 1. The molecule has 0 bridgehead atoms. The summed E-state index contributed by atoms with van der Waals surface area (Å²) in [5.74, 6) is 0.158. The van der Waals surface area contributed by atoms with Gasteiger partial charge in [0.25, 0.3) is 0 Å². The molecule has 2 aromatic carbocycles. The molecule has 27 heavy (non-hydrogen) atoms. The molecule has 5 heteroatoms.